The number of ether oxygens (including phenoxy) is 1. The molecule has 0 saturated carbocycles. The van der Waals surface area contributed by atoms with Crippen molar-refractivity contribution in [3.63, 3.8) is 0 Å². The summed E-state index contributed by atoms with van der Waals surface area (Å²) in [6, 6.07) is 6.93. The fourth-order valence-corrected chi connectivity index (χ4v) is 2.21. The van der Waals surface area contributed by atoms with E-state index in [1.54, 1.807) is 24.4 Å². The Morgan fingerprint density at radius 2 is 2.00 bits per heavy atom. The average molecular weight is 348 g/mol. The molecule has 0 amide bonds. The highest BCUT2D eigenvalue weighted by Gasteiger charge is 2.07. The van der Waals surface area contributed by atoms with Crippen LogP contribution in [0.2, 0.25) is 10.0 Å². The lowest BCUT2D eigenvalue weighted by molar-refractivity contribution is 0.306. The first-order valence-corrected chi connectivity index (χ1v) is 6.59. The van der Waals surface area contributed by atoms with Crippen LogP contribution in [0.3, 0.4) is 0 Å². The van der Waals surface area contributed by atoms with Gasteiger partial charge in [0.2, 0.25) is 0 Å². The second kappa shape index (κ2) is 5.78. The van der Waals surface area contributed by atoms with Gasteiger partial charge in [-0.1, -0.05) is 23.2 Å². The Bertz CT molecular complexity index is 578. The molecule has 1 aromatic carbocycles. The lowest BCUT2D eigenvalue weighted by Gasteiger charge is -2.09. The molecular formula is C12H9BrCl2N2O. The lowest BCUT2D eigenvalue weighted by atomic mass is 10.3. The normalized spacial score (nSPS) is 10.4. The Balaban J connectivity index is 2.13. The van der Waals surface area contributed by atoms with E-state index < -0.39 is 0 Å². The van der Waals surface area contributed by atoms with Crippen LogP contribution in [0.1, 0.15) is 5.56 Å². The van der Waals surface area contributed by atoms with Gasteiger partial charge in [-0.05, 0) is 39.7 Å². The van der Waals surface area contributed by atoms with Gasteiger partial charge in [0.15, 0.2) is 0 Å². The van der Waals surface area contributed by atoms with Crippen molar-refractivity contribution < 1.29 is 4.74 Å². The van der Waals surface area contributed by atoms with Gasteiger partial charge >= 0.3 is 0 Å². The van der Waals surface area contributed by atoms with E-state index in [1.807, 2.05) is 6.07 Å². The van der Waals surface area contributed by atoms with Crippen molar-refractivity contribution in [1.82, 2.24) is 4.98 Å². The second-order valence-corrected chi connectivity index (χ2v) is 5.24. The molecule has 0 aliphatic heterocycles. The number of benzene rings is 1. The molecule has 0 atom stereocenters. The minimum Gasteiger partial charge on any atom is -0.487 e. The number of halogens is 3. The number of nitrogens with two attached hydrogens (primary N) is 1. The summed E-state index contributed by atoms with van der Waals surface area (Å²) in [4.78, 5) is 3.91. The van der Waals surface area contributed by atoms with Gasteiger partial charge in [0.25, 0.3) is 0 Å². The minimum absolute atomic E-state index is 0.352. The quantitative estimate of drug-likeness (QED) is 0.841. The van der Waals surface area contributed by atoms with E-state index in [-0.39, 0.29) is 0 Å². The van der Waals surface area contributed by atoms with Crippen LogP contribution >= 0.6 is 39.1 Å². The molecule has 0 radical (unpaired) electrons. The van der Waals surface area contributed by atoms with E-state index in [9.17, 15) is 0 Å². The lowest BCUT2D eigenvalue weighted by Crippen LogP contribution is -1.98. The maximum absolute atomic E-state index is 6.05. The van der Waals surface area contributed by atoms with Gasteiger partial charge in [-0.3, -0.25) is 0 Å². The highest BCUT2D eigenvalue weighted by atomic mass is 79.9. The summed E-state index contributed by atoms with van der Waals surface area (Å²) in [6.07, 6.45) is 1.63. The molecule has 3 nitrogen and oxygen atoms in total. The number of pyridine rings is 1. The van der Waals surface area contributed by atoms with E-state index in [0.717, 1.165) is 10.0 Å². The SMILES string of the molecule is Nc1cc(COc2cc(Cl)c(Br)cc2Cl)ccn1. The maximum atomic E-state index is 6.05. The zero-order chi connectivity index (χ0) is 13.1. The summed E-state index contributed by atoms with van der Waals surface area (Å²) < 4.78 is 6.32. The Morgan fingerprint density at radius 1 is 1.22 bits per heavy atom. The Hall–Kier alpha value is -0.970. The van der Waals surface area contributed by atoms with Crippen molar-refractivity contribution in [1.29, 1.82) is 0 Å². The molecule has 0 bridgehead atoms. The predicted octanol–water partition coefficient (Wildman–Crippen LogP) is 4.31. The van der Waals surface area contributed by atoms with E-state index in [1.165, 1.54) is 0 Å². The van der Waals surface area contributed by atoms with Crippen LogP contribution in [0.5, 0.6) is 5.75 Å². The van der Waals surface area contributed by atoms with E-state index in [4.69, 9.17) is 33.7 Å². The zero-order valence-electron chi connectivity index (χ0n) is 9.16. The van der Waals surface area contributed by atoms with Gasteiger partial charge in [-0.2, -0.15) is 0 Å². The van der Waals surface area contributed by atoms with Gasteiger partial charge in [0, 0.05) is 16.7 Å². The molecular weight excluding hydrogens is 339 g/mol. The van der Waals surface area contributed by atoms with Crippen LogP contribution in [0.4, 0.5) is 5.82 Å². The first-order chi connectivity index (χ1) is 8.56. The Morgan fingerprint density at radius 3 is 2.72 bits per heavy atom. The van der Waals surface area contributed by atoms with Gasteiger partial charge in [0.05, 0.1) is 10.0 Å². The number of rotatable bonds is 3. The number of hydrogen-bond acceptors (Lipinski definition) is 3. The predicted molar refractivity (Wildman–Crippen MR) is 77.1 cm³/mol. The van der Waals surface area contributed by atoms with Gasteiger partial charge in [-0.25, -0.2) is 4.98 Å². The maximum Gasteiger partial charge on any atom is 0.139 e. The van der Waals surface area contributed by atoms with Gasteiger partial charge in [-0.15, -0.1) is 0 Å². The van der Waals surface area contributed by atoms with Crippen LogP contribution in [0.25, 0.3) is 0 Å². The molecule has 0 fully saturated rings. The number of anilines is 1. The van der Waals surface area contributed by atoms with Gasteiger partial charge in [0.1, 0.15) is 18.2 Å². The summed E-state index contributed by atoms with van der Waals surface area (Å²) in [7, 11) is 0. The first kappa shape index (κ1) is 13.5. The smallest absolute Gasteiger partial charge is 0.139 e. The standard InChI is InChI=1S/C12H9BrCl2N2O/c13-8-4-10(15)11(5-9(8)14)18-6-7-1-2-17-12(16)3-7/h1-5H,6H2,(H2,16,17). The number of aromatic nitrogens is 1. The van der Waals surface area contributed by atoms with Crippen LogP contribution in [0, 0.1) is 0 Å². The monoisotopic (exact) mass is 346 g/mol. The molecule has 18 heavy (non-hydrogen) atoms. The van der Waals surface area contributed by atoms with Crippen molar-refractivity contribution in [3.05, 3.63) is 50.5 Å². The van der Waals surface area contributed by atoms with Crippen molar-refractivity contribution in [2.75, 3.05) is 5.73 Å². The molecule has 0 spiro atoms. The van der Waals surface area contributed by atoms with E-state index in [0.29, 0.717) is 28.2 Å². The minimum atomic E-state index is 0.352. The summed E-state index contributed by atoms with van der Waals surface area (Å²) >= 11 is 15.3. The molecule has 2 N–H and O–H groups in total. The van der Waals surface area contributed by atoms with E-state index >= 15 is 0 Å². The van der Waals surface area contributed by atoms with Crippen molar-refractivity contribution in [2.45, 2.75) is 6.61 Å². The Labute approximate surface area is 123 Å². The van der Waals surface area contributed by atoms with Crippen molar-refractivity contribution >= 4 is 44.9 Å². The van der Waals surface area contributed by atoms with Gasteiger partial charge < -0.3 is 10.5 Å². The van der Waals surface area contributed by atoms with Crippen LogP contribution in [-0.4, -0.2) is 4.98 Å². The average Bonchev–Trinajstić information content (AvgIpc) is 2.32. The summed E-state index contributed by atoms with van der Waals surface area (Å²) in [5, 5.41) is 1.04. The topological polar surface area (TPSA) is 48.1 Å². The molecule has 1 aromatic heterocycles. The third-order valence-corrected chi connectivity index (χ3v) is 3.71. The van der Waals surface area contributed by atoms with Crippen molar-refractivity contribution in [2.24, 2.45) is 0 Å². The molecule has 6 heteroatoms. The number of hydrogen-bond donors (Lipinski definition) is 1. The first-order valence-electron chi connectivity index (χ1n) is 5.04. The largest absolute Gasteiger partial charge is 0.487 e. The fourth-order valence-electron chi connectivity index (χ4n) is 1.36. The summed E-state index contributed by atoms with van der Waals surface area (Å²) in [6.45, 7) is 0.352. The molecule has 0 saturated heterocycles. The molecule has 2 rings (SSSR count). The molecule has 0 unspecified atom stereocenters. The third-order valence-electron chi connectivity index (χ3n) is 2.21. The van der Waals surface area contributed by atoms with Crippen LogP contribution < -0.4 is 10.5 Å². The highest BCUT2D eigenvalue weighted by Crippen LogP contribution is 2.34. The third kappa shape index (κ3) is 3.28. The van der Waals surface area contributed by atoms with Crippen LogP contribution in [0.15, 0.2) is 34.9 Å². The Kier molecular flexibility index (Phi) is 4.32. The number of nitrogens with zero attached hydrogens (tertiary/aromatic N) is 1. The highest BCUT2D eigenvalue weighted by molar-refractivity contribution is 9.10. The van der Waals surface area contributed by atoms with E-state index in [2.05, 4.69) is 20.9 Å². The molecule has 0 aliphatic carbocycles. The molecule has 1 heterocycles. The number of nitrogen functional groups attached to an aromatic ring is 1. The summed E-state index contributed by atoms with van der Waals surface area (Å²) in [5.74, 6) is 0.983. The molecule has 0 aliphatic rings. The van der Waals surface area contributed by atoms with Crippen LogP contribution in [-0.2, 0) is 6.61 Å². The molecule has 94 valence electrons. The second-order valence-electron chi connectivity index (χ2n) is 3.57. The zero-order valence-corrected chi connectivity index (χ0v) is 12.3. The fraction of sp³-hybridized carbons (Fsp3) is 0.0833. The molecule has 2 aromatic rings. The van der Waals surface area contributed by atoms with Crippen molar-refractivity contribution in [3.8, 4) is 5.75 Å². The summed E-state index contributed by atoms with van der Waals surface area (Å²) in [5.41, 5.74) is 6.50.